The number of pyridine rings is 1. The number of thiocarbonyl (C=S) groups is 1. The van der Waals surface area contributed by atoms with Crippen LogP contribution in [0.25, 0.3) is 0 Å². The first-order valence-electron chi connectivity index (χ1n) is 12.5. The lowest BCUT2D eigenvalue weighted by Crippen LogP contribution is -2.49. The van der Waals surface area contributed by atoms with Crippen LogP contribution in [0.3, 0.4) is 0 Å². The number of hydrogen-bond donors (Lipinski definition) is 3. The van der Waals surface area contributed by atoms with Crippen molar-refractivity contribution in [1.29, 1.82) is 0 Å². The predicted molar refractivity (Wildman–Crippen MR) is 141 cm³/mol. The highest BCUT2D eigenvalue weighted by molar-refractivity contribution is 7.81. The fourth-order valence-corrected chi connectivity index (χ4v) is 4.22. The van der Waals surface area contributed by atoms with Crippen molar-refractivity contribution in [2.24, 2.45) is 4.99 Å². The van der Waals surface area contributed by atoms with Gasteiger partial charge in [0.05, 0.1) is 21.7 Å². The van der Waals surface area contributed by atoms with E-state index < -0.39 is 63.7 Å². The molecule has 224 valence electrons. The van der Waals surface area contributed by atoms with Crippen molar-refractivity contribution in [2.45, 2.75) is 90.0 Å². The summed E-state index contributed by atoms with van der Waals surface area (Å²) in [7, 11) is 0. The average Bonchev–Trinajstić information content (AvgIpc) is 2.83. The number of piperidine rings is 1. The van der Waals surface area contributed by atoms with Gasteiger partial charge in [-0.05, 0) is 59.9 Å². The average molecular weight is 598 g/mol. The van der Waals surface area contributed by atoms with E-state index in [9.17, 15) is 41.0 Å². The first-order chi connectivity index (χ1) is 18.2. The molecule has 0 aliphatic carbocycles. The van der Waals surface area contributed by atoms with Crippen LogP contribution in [0.2, 0.25) is 0 Å². The maximum Gasteiger partial charge on any atom is 0.417 e. The van der Waals surface area contributed by atoms with E-state index in [0.717, 1.165) is 13.3 Å². The van der Waals surface area contributed by atoms with Crippen LogP contribution >= 0.6 is 12.2 Å². The Balaban J connectivity index is 2.56. The van der Waals surface area contributed by atoms with Gasteiger partial charge in [-0.25, -0.2) is 4.98 Å². The lowest BCUT2D eigenvalue weighted by atomic mass is 9.97. The number of likely N-dealkylation sites (tertiary alicyclic amines) is 1. The highest BCUT2D eigenvalue weighted by Gasteiger charge is 2.41. The van der Waals surface area contributed by atoms with E-state index in [1.165, 1.54) is 25.7 Å². The summed E-state index contributed by atoms with van der Waals surface area (Å²) in [5.41, 5.74) is -3.66. The van der Waals surface area contributed by atoms with Crippen LogP contribution in [0.15, 0.2) is 17.3 Å². The smallest absolute Gasteiger partial charge is 0.389 e. The molecule has 8 nitrogen and oxygen atoms in total. The number of rotatable bonds is 9. The number of halogens is 6. The van der Waals surface area contributed by atoms with Gasteiger partial charge in [0.2, 0.25) is 0 Å². The van der Waals surface area contributed by atoms with Gasteiger partial charge < -0.3 is 20.6 Å². The Morgan fingerprint density at radius 2 is 1.85 bits per heavy atom. The van der Waals surface area contributed by atoms with Gasteiger partial charge in [-0.15, -0.1) is 0 Å². The molecule has 3 atom stereocenters. The van der Waals surface area contributed by atoms with Crippen molar-refractivity contribution in [3.05, 3.63) is 23.4 Å². The lowest BCUT2D eigenvalue weighted by Gasteiger charge is -2.35. The summed E-state index contributed by atoms with van der Waals surface area (Å²) in [6, 6.07) is -3.79. The Hall–Kier alpha value is -2.81. The summed E-state index contributed by atoms with van der Waals surface area (Å²) in [5, 5.41) is 14.2. The van der Waals surface area contributed by atoms with Crippen molar-refractivity contribution in [1.82, 2.24) is 15.2 Å². The second-order valence-corrected chi connectivity index (χ2v) is 10.8. The number of alkyl halides is 6. The third-order valence-electron chi connectivity index (χ3n) is 6.23. The minimum absolute atomic E-state index is 0.169. The van der Waals surface area contributed by atoms with Crippen LogP contribution in [0, 0.1) is 0 Å². The van der Waals surface area contributed by atoms with E-state index in [2.05, 4.69) is 15.3 Å². The van der Waals surface area contributed by atoms with Crippen molar-refractivity contribution >= 4 is 40.4 Å². The van der Waals surface area contributed by atoms with E-state index in [-0.39, 0.29) is 18.3 Å². The molecule has 2 rings (SSSR count). The van der Waals surface area contributed by atoms with Crippen molar-refractivity contribution in [2.75, 3.05) is 18.4 Å². The predicted octanol–water partition coefficient (Wildman–Crippen LogP) is 4.30. The molecule has 1 unspecified atom stereocenters. The molecular formula is C25H33F6N5O3S. The summed E-state index contributed by atoms with van der Waals surface area (Å²) in [6.07, 6.45) is -7.03. The van der Waals surface area contributed by atoms with Crippen LogP contribution in [-0.2, 0) is 15.8 Å². The molecule has 2 amide bonds. The fourth-order valence-electron chi connectivity index (χ4n) is 3.90. The molecule has 0 bridgehead atoms. The van der Waals surface area contributed by atoms with Crippen molar-refractivity contribution in [3.63, 3.8) is 0 Å². The van der Waals surface area contributed by atoms with Crippen LogP contribution < -0.4 is 10.6 Å². The van der Waals surface area contributed by atoms with Crippen LogP contribution in [-0.4, -0.2) is 80.4 Å². The maximum absolute atomic E-state index is 14.1. The molecule has 0 spiro atoms. The van der Waals surface area contributed by atoms with Crippen molar-refractivity contribution < 1.29 is 41.0 Å². The highest BCUT2D eigenvalue weighted by Crippen LogP contribution is 2.35. The standard InChI is InChI=1S/C25H33F6N5O3S/c1-13-8-6-7-9-36(13)22(38)19(34-14(2)21(37)33-12-23(4,5)39)20(40)16-11-32-18(10-17(16)25(29,30)31)35-15(3)24(26,27)28/h10-11,13,15,19,39H,6-9,12H2,1-5H3,(H,32,35)(H,33,37)/b34-14+/t13-,15-,19?/m0/s1. The van der Waals surface area contributed by atoms with E-state index in [4.69, 9.17) is 12.2 Å². The molecule has 0 radical (unpaired) electrons. The van der Waals surface area contributed by atoms with E-state index >= 15 is 0 Å². The number of aliphatic hydroxyl groups is 1. The van der Waals surface area contributed by atoms with E-state index in [0.29, 0.717) is 31.6 Å². The van der Waals surface area contributed by atoms with Crippen LogP contribution in [0.4, 0.5) is 32.2 Å². The molecule has 1 fully saturated rings. The number of anilines is 1. The van der Waals surface area contributed by atoms with Gasteiger partial charge in [-0.3, -0.25) is 14.6 Å². The van der Waals surface area contributed by atoms with Gasteiger partial charge in [-0.2, -0.15) is 26.3 Å². The number of amides is 2. The van der Waals surface area contributed by atoms with Gasteiger partial charge in [0, 0.05) is 30.9 Å². The zero-order valence-electron chi connectivity index (χ0n) is 22.7. The zero-order valence-corrected chi connectivity index (χ0v) is 23.5. The SMILES string of the molecule is C/C(=N\C(C(=O)N1CCCC[C@@H]1C)C(=S)c1cnc(N[C@@H](C)C(F)(F)F)cc1C(F)(F)F)C(=O)NCC(C)(C)O. The summed E-state index contributed by atoms with van der Waals surface area (Å²) in [5.74, 6) is -2.18. The summed E-state index contributed by atoms with van der Waals surface area (Å²) >= 11 is 5.34. The molecule has 0 saturated carbocycles. The number of carbonyl (C=O) groups is 2. The first kappa shape index (κ1) is 33.4. The molecule has 0 aromatic carbocycles. The van der Waals surface area contributed by atoms with Gasteiger partial charge in [0.25, 0.3) is 11.8 Å². The van der Waals surface area contributed by atoms with Gasteiger partial charge in [0.1, 0.15) is 11.9 Å². The Labute approximate surface area is 233 Å². The Kier molecular flexibility index (Phi) is 10.7. The second kappa shape index (κ2) is 12.8. The topological polar surface area (TPSA) is 107 Å². The molecule has 1 saturated heterocycles. The van der Waals surface area contributed by atoms with Crippen molar-refractivity contribution in [3.8, 4) is 0 Å². The van der Waals surface area contributed by atoms with Gasteiger partial charge in [-0.1, -0.05) is 12.2 Å². The highest BCUT2D eigenvalue weighted by atomic mass is 32.1. The Morgan fingerprint density at radius 3 is 2.38 bits per heavy atom. The number of aliphatic imine (C=N–C) groups is 1. The third-order valence-corrected chi connectivity index (χ3v) is 6.67. The summed E-state index contributed by atoms with van der Waals surface area (Å²) in [6.45, 7) is 6.77. The molecular weight excluding hydrogens is 564 g/mol. The van der Waals surface area contributed by atoms with Crippen LogP contribution in [0.5, 0.6) is 0 Å². The molecule has 1 aromatic rings. The zero-order chi connectivity index (χ0) is 30.6. The number of nitrogens with one attached hydrogen (secondary N) is 2. The summed E-state index contributed by atoms with van der Waals surface area (Å²) in [4.78, 5) is 34.8. The number of aromatic nitrogens is 1. The molecule has 15 heteroatoms. The molecule has 1 aromatic heterocycles. The maximum atomic E-state index is 14.1. The molecule has 2 heterocycles. The van der Waals surface area contributed by atoms with E-state index in [1.807, 2.05) is 5.32 Å². The van der Waals surface area contributed by atoms with Gasteiger partial charge >= 0.3 is 12.4 Å². The third kappa shape index (κ3) is 9.11. The molecule has 1 aliphatic rings. The number of hydrogen-bond acceptors (Lipinski definition) is 7. The largest absolute Gasteiger partial charge is 0.417 e. The molecule has 40 heavy (non-hydrogen) atoms. The Bertz CT molecular complexity index is 1130. The number of carbonyl (C=O) groups excluding carboxylic acids is 2. The fraction of sp³-hybridized carbons (Fsp3) is 0.640. The van der Waals surface area contributed by atoms with E-state index in [1.54, 1.807) is 6.92 Å². The monoisotopic (exact) mass is 597 g/mol. The first-order valence-corrected chi connectivity index (χ1v) is 12.9. The number of nitrogens with zero attached hydrogens (tertiary/aromatic N) is 3. The quantitative estimate of drug-likeness (QED) is 0.170. The summed E-state index contributed by atoms with van der Waals surface area (Å²) < 4.78 is 81.1. The Morgan fingerprint density at radius 1 is 1.23 bits per heavy atom. The second-order valence-electron chi connectivity index (χ2n) is 10.4. The van der Waals surface area contributed by atoms with Crippen LogP contribution in [0.1, 0.15) is 65.0 Å². The minimum Gasteiger partial charge on any atom is -0.389 e. The lowest BCUT2D eigenvalue weighted by molar-refractivity contribution is -0.138. The minimum atomic E-state index is -5.07. The normalized spacial score (nSPS) is 18.6. The molecule has 1 aliphatic heterocycles. The van der Waals surface area contributed by atoms with Gasteiger partial charge in [0.15, 0.2) is 6.04 Å². The molecule has 3 N–H and O–H groups in total.